The van der Waals surface area contributed by atoms with Crippen LogP contribution in [0.15, 0.2) is 4.47 Å². The molecule has 2 unspecified atom stereocenters. The molecule has 2 bridgehead atoms. The summed E-state index contributed by atoms with van der Waals surface area (Å²) >= 11 is 4.98. The third-order valence-electron chi connectivity index (χ3n) is 5.05. The van der Waals surface area contributed by atoms with E-state index in [2.05, 4.69) is 21.2 Å². The van der Waals surface area contributed by atoms with Gasteiger partial charge in [-0.1, -0.05) is 6.42 Å². The molecule has 22 heavy (non-hydrogen) atoms. The van der Waals surface area contributed by atoms with E-state index < -0.39 is 0 Å². The Morgan fingerprint density at radius 3 is 2.59 bits per heavy atom. The fourth-order valence-corrected chi connectivity index (χ4v) is 5.73. The van der Waals surface area contributed by atoms with E-state index >= 15 is 0 Å². The molecule has 3 N–H and O–H groups in total. The average Bonchev–Trinajstić information content (AvgIpc) is 2.75. The van der Waals surface area contributed by atoms with Crippen LogP contribution in [0.2, 0.25) is 0 Å². The monoisotopic (exact) mass is 386 g/mol. The molecule has 0 aliphatic heterocycles. The van der Waals surface area contributed by atoms with Crippen molar-refractivity contribution in [1.82, 2.24) is 5.32 Å². The van der Waals surface area contributed by atoms with E-state index in [-0.39, 0.29) is 11.9 Å². The molecule has 3 rings (SSSR count). The standard InChI is InChI=1S/C16H23BrN2O2S/c1-8-12(17)14(21-2)15(22-8)16(20)19-13-9-4-3-5-10(13)7-11(18)6-9/h9-11,13H,3-7,18H2,1-2H3,(H,19,20). The lowest BCUT2D eigenvalue weighted by Crippen LogP contribution is -2.53. The van der Waals surface area contributed by atoms with Crippen molar-refractivity contribution < 1.29 is 9.53 Å². The Kier molecular flexibility index (Phi) is 4.80. The molecule has 2 saturated carbocycles. The highest BCUT2D eigenvalue weighted by molar-refractivity contribution is 9.10. The highest BCUT2D eigenvalue weighted by Crippen LogP contribution is 2.42. The summed E-state index contributed by atoms with van der Waals surface area (Å²) in [4.78, 5) is 14.5. The largest absolute Gasteiger partial charge is 0.494 e. The van der Waals surface area contributed by atoms with Crippen LogP contribution in [0.4, 0.5) is 0 Å². The number of carbonyl (C=O) groups excluding carboxylic acids is 1. The van der Waals surface area contributed by atoms with Gasteiger partial charge in [-0.05, 0) is 60.4 Å². The lowest BCUT2D eigenvalue weighted by Gasteiger charge is -2.45. The fraction of sp³-hybridized carbons (Fsp3) is 0.688. The van der Waals surface area contributed by atoms with Gasteiger partial charge in [-0.3, -0.25) is 4.79 Å². The number of nitrogens with two attached hydrogens (primary N) is 1. The van der Waals surface area contributed by atoms with Crippen LogP contribution in [0.5, 0.6) is 5.75 Å². The minimum Gasteiger partial charge on any atom is -0.494 e. The van der Waals surface area contributed by atoms with Gasteiger partial charge < -0.3 is 15.8 Å². The van der Waals surface area contributed by atoms with Crippen LogP contribution in [0.1, 0.15) is 46.7 Å². The molecule has 2 fully saturated rings. The number of aryl methyl sites for hydroxylation is 1. The molecule has 0 aromatic carbocycles. The van der Waals surface area contributed by atoms with Crippen molar-refractivity contribution in [3.63, 3.8) is 0 Å². The van der Waals surface area contributed by atoms with Crippen LogP contribution in [0, 0.1) is 18.8 Å². The van der Waals surface area contributed by atoms with E-state index in [1.807, 2.05) is 6.92 Å². The van der Waals surface area contributed by atoms with Crippen LogP contribution >= 0.6 is 27.3 Å². The highest BCUT2D eigenvalue weighted by Gasteiger charge is 2.40. The van der Waals surface area contributed by atoms with E-state index in [0.717, 1.165) is 22.2 Å². The molecule has 2 aliphatic rings. The molecule has 1 aromatic rings. The van der Waals surface area contributed by atoms with Gasteiger partial charge in [0, 0.05) is 17.0 Å². The number of halogens is 1. The first kappa shape index (κ1) is 16.3. The maximum atomic E-state index is 12.7. The molecule has 0 radical (unpaired) electrons. The molecule has 122 valence electrons. The first-order chi connectivity index (χ1) is 10.5. The van der Waals surface area contributed by atoms with E-state index in [1.54, 1.807) is 7.11 Å². The number of thiophene rings is 1. The Hall–Kier alpha value is -0.590. The number of rotatable bonds is 3. The number of ether oxygens (including phenoxy) is 1. The van der Waals surface area contributed by atoms with E-state index in [9.17, 15) is 4.79 Å². The summed E-state index contributed by atoms with van der Waals surface area (Å²) in [6.07, 6.45) is 5.69. The highest BCUT2D eigenvalue weighted by atomic mass is 79.9. The van der Waals surface area contributed by atoms with Crippen molar-refractivity contribution in [2.24, 2.45) is 17.6 Å². The van der Waals surface area contributed by atoms with Gasteiger partial charge >= 0.3 is 0 Å². The van der Waals surface area contributed by atoms with Gasteiger partial charge in [-0.15, -0.1) is 11.3 Å². The molecule has 4 nitrogen and oxygen atoms in total. The predicted molar refractivity (Wildman–Crippen MR) is 92.6 cm³/mol. The van der Waals surface area contributed by atoms with Gasteiger partial charge in [0.1, 0.15) is 4.88 Å². The smallest absolute Gasteiger partial charge is 0.265 e. The number of fused-ring (bicyclic) bond motifs is 2. The minimum absolute atomic E-state index is 0.00646. The van der Waals surface area contributed by atoms with Gasteiger partial charge in [0.15, 0.2) is 5.75 Å². The van der Waals surface area contributed by atoms with Crippen LogP contribution in [0.3, 0.4) is 0 Å². The first-order valence-electron chi connectivity index (χ1n) is 7.90. The molecule has 2 aliphatic carbocycles. The van der Waals surface area contributed by atoms with Crippen molar-refractivity contribution in [3.8, 4) is 5.75 Å². The third kappa shape index (κ3) is 2.93. The van der Waals surface area contributed by atoms with Gasteiger partial charge in [0.25, 0.3) is 5.91 Å². The zero-order valence-electron chi connectivity index (χ0n) is 13.0. The van der Waals surface area contributed by atoms with E-state index in [1.165, 1.54) is 30.6 Å². The summed E-state index contributed by atoms with van der Waals surface area (Å²) in [5, 5.41) is 3.29. The first-order valence-corrected chi connectivity index (χ1v) is 9.51. The lowest BCUT2D eigenvalue weighted by molar-refractivity contribution is 0.0757. The van der Waals surface area contributed by atoms with Gasteiger partial charge in [-0.25, -0.2) is 0 Å². The molecule has 1 amide bonds. The van der Waals surface area contributed by atoms with Crippen LogP contribution in [0.25, 0.3) is 0 Å². The molecular formula is C16H23BrN2O2S. The number of carbonyl (C=O) groups is 1. The van der Waals surface area contributed by atoms with Crippen molar-refractivity contribution in [3.05, 3.63) is 14.2 Å². The third-order valence-corrected chi connectivity index (χ3v) is 7.36. The lowest BCUT2D eigenvalue weighted by atomic mass is 9.67. The zero-order chi connectivity index (χ0) is 15.9. The summed E-state index contributed by atoms with van der Waals surface area (Å²) in [6, 6.07) is 0.572. The molecule has 1 aromatic heterocycles. The quantitative estimate of drug-likeness (QED) is 0.835. The Bertz CT molecular complexity index is 561. The van der Waals surface area contributed by atoms with Gasteiger partial charge in [-0.2, -0.15) is 0 Å². The van der Waals surface area contributed by atoms with Crippen molar-refractivity contribution in [1.29, 1.82) is 0 Å². The van der Waals surface area contributed by atoms with Crippen LogP contribution < -0.4 is 15.8 Å². The molecule has 0 saturated heterocycles. The van der Waals surface area contributed by atoms with E-state index in [4.69, 9.17) is 10.5 Å². The summed E-state index contributed by atoms with van der Waals surface area (Å²) in [7, 11) is 1.61. The van der Waals surface area contributed by atoms with Crippen molar-refractivity contribution in [2.75, 3.05) is 7.11 Å². The number of methoxy groups -OCH3 is 1. The SMILES string of the molecule is COc1c(C(=O)NC2C3CCCC2CC(N)C3)sc(C)c1Br. The normalized spacial score (nSPS) is 30.9. The Labute approximate surface area is 143 Å². The second-order valence-electron chi connectivity index (χ2n) is 6.52. The molecule has 6 heteroatoms. The van der Waals surface area contributed by atoms with E-state index in [0.29, 0.717) is 28.5 Å². The van der Waals surface area contributed by atoms with Crippen molar-refractivity contribution >= 4 is 33.2 Å². The minimum atomic E-state index is -0.00646. The average molecular weight is 387 g/mol. The zero-order valence-corrected chi connectivity index (χ0v) is 15.4. The maximum absolute atomic E-state index is 12.7. The molecule has 0 spiro atoms. The topological polar surface area (TPSA) is 64.3 Å². The number of amides is 1. The predicted octanol–water partition coefficient (Wildman–Crippen LogP) is 3.46. The van der Waals surface area contributed by atoms with Crippen molar-refractivity contribution in [2.45, 2.75) is 51.1 Å². The number of hydrogen-bond donors (Lipinski definition) is 2. The summed E-state index contributed by atoms with van der Waals surface area (Å²) in [5.41, 5.74) is 6.16. The molecule has 1 heterocycles. The molecular weight excluding hydrogens is 364 g/mol. The number of nitrogens with one attached hydrogen (secondary N) is 1. The maximum Gasteiger partial charge on any atom is 0.265 e. The van der Waals surface area contributed by atoms with Crippen LogP contribution in [-0.4, -0.2) is 25.1 Å². The Morgan fingerprint density at radius 1 is 1.36 bits per heavy atom. The van der Waals surface area contributed by atoms with Gasteiger partial charge in [0.2, 0.25) is 0 Å². The Balaban J connectivity index is 1.78. The number of hydrogen-bond acceptors (Lipinski definition) is 4. The van der Waals surface area contributed by atoms with Gasteiger partial charge in [0.05, 0.1) is 11.6 Å². The Morgan fingerprint density at radius 2 is 2.00 bits per heavy atom. The second kappa shape index (κ2) is 6.49. The fourth-order valence-electron chi connectivity index (χ4n) is 4.08. The summed E-state index contributed by atoms with van der Waals surface area (Å²) in [5.74, 6) is 1.70. The second-order valence-corrected chi connectivity index (χ2v) is 8.53. The van der Waals surface area contributed by atoms with Crippen LogP contribution in [-0.2, 0) is 0 Å². The summed E-state index contributed by atoms with van der Waals surface area (Å²) < 4.78 is 6.29. The molecule has 2 atom stereocenters. The summed E-state index contributed by atoms with van der Waals surface area (Å²) in [6.45, 7) is 1.99.